The number of nitrogens with zero attached hydrogens (tertiary/aromatic N) is 3. The predicted molar refractivity (Wildman–Crippen MR) is 80.0 cm³/mol. The maximum absolute atomic E-state index is 8.65. The molecule has 5 nitrogen and oxygen atoms in total. The minimum absolute atomic E-state index is 0.428. The van der Waals surface area contributed by atoms with Crippen molar-refractivity contribution in [2.75, 3.05) is 17.2 Å². The molecule has 2 aromatic rings. The number of hydrogen-bond acceptors (Lipinski definition) is 5. The van der Waals surface area contributed by atoms with Crippen molar-refractivity contribution in [1.82, 2.24) is 9.97 Å². The van der Waals surface area contributed by atoms with E-state index in [1.54, 1.807) is 0 Å². The van der Waals surface area contributed by atoms with E-state index in [-0.39, 0.29) is 0 Å². The quantitative estimate of drug-likeness (QED) is 0.871. The Morgan fingerprint density at radius 1 is 1.15 bits per heavy atom. The Hall–Kier alpha value is -2.61. The van der Waals surface area contributed by atoms with Gasteiger partial charge in [0.1, 0.15) is 17.5 Å². The van der Waals surface area contributed by atoms with Crippen LogP contribution in [0.5, 0.6) is 0 Å². The Kier molecular flexibility index (Phi) is 4.51. The molecule has 0 aliphatic heterocycles. The zero-order valence-corrected chi connectivity index (χ0v) is 11.6. The third-order valence-corrected chi connectivity index (χ3v) is 2.71. The fourth-order valence-corrected chi connectivity index (χ4v) is 1.85. The summed E-state index contributed by atoms with van der Waals surface area (Å²) >= 11 is 0. The van der Waals surface area contributed by atoms with E-state index in [0.717, 1.165) is 29.4 Å². The zero-order valence-electron chi connectivity index (χ0n) is 11.6. The summed E-state index contributed by atoms with van der Waals surface area (Å²) < 4.78 is 0. The summed E-state index contributed by atoms with van der Waals surface area (Å²) in [4.78, 5) is 8.66. The van der Waals surface area contributed by atoms with Gasteiger partial charge in [-0.2, -0.15) is 5.26 Å². The highest BCUT2D eigenvalue weighted by atomic mass is 15.1. The highest BCUT2D eigenvalue weighted by Crippen LogP contribution is 2.18. The molecule has 102 valence electrons. The molecule has 0 spiro atoms. The molecule has 0 bridgehead atoms. The van der Waals surface area contributed by atoms with Gasteiger partial charge in [-0.3, -0.25) is 0 Å². The maximum atomic E-state index is 8.65. The average Bonchev–Trinajstić information content (AvgIpc) is 2.41. The number of rotatable bonds is 5. The first-order valence-corrected chi connectivity index (χ1v) is 6.53. The molecule has 0 atom stereocenters. The SMILES string of the molecule is CCNc1cc(Nc2ccc(CC#N)cc2)nc(C)n1. The van der Waals surface area contributed by atoms with Crippen LogP contribution in [0.25, 0.3) is 0 Å². The van der Waals surface area contributed by atoms with Gasteiger partial charge in [0.2, 0.25) is 0 Å². The van der Waals surface area contributed by atoms with Crippen LogP contribution in [0.2, 0.25) is 0 Å². The van der Waals surface area contributed by atoms with Crippen LogP contribution < -0.4 is 10.6 Å². The smallest absolute Gasteiger partial charge is 0.136 e. The van der Waals surface area contributed by atoms with Gasteiger partial charge in [-0.05, 0) is 31.5 Å². The first-order valence-electron chi connectivity index (χ1n) is 6.53. The molecule has 2 rings (SSSR count). The first kappa shape index (κ1) is 13.8. The molecule has 0 aliphatic carbocycles. The van der Waals surface area contributed by atoms with Crippen LogP contribution in [0.15, 0.2) is 30.3 Å². The van der Waals surface area contributed by atoms with Gasteiger partial charge in [0.05, 0.1) is 12.5 Å². The lowest BCUT2D eigenvalue weighted by molar-refractivity contribution is 1.04. The molecule has 0 radical (unpaired) electrons. The average molecular weight is 267 g/mol. The van der Waals surface area contributed by atoms with Gasteiger partial charge < -0.3 is 10.6 Å². The van der Waals surface area contributed by atoms with Gasteiger partial charge in [-0.15, -0.1) is 0 Å². The third kappa shape index (κ3) is 3.69. The van der Waals surface area contributed by atoms with Crippen molar-refractivity contribution < 1.29 is 0 Å². The van der Waals surface area contributed by atoms with Crippen molar-refractivity contribution in [3.63, 3.8) is 0 Å². The fourth-order valence-electron chi connectivity index (χ4n) is 1.85. The van der Waals surface area contributed by atoms with Crippen LogP contribution in [0.3, 0.4) is 0 Å². The first-order chi connectivity index (χ1) is 9.71. The number of anilines is 3. The molecule has 1 heterocycles. The van der Waals surface area contributed by atoms with Crippen molar-refractivity contribution in [3.8, 4) is 6.07 Å². The van der Waals surface area contributed by atoms with Crippen molar-refractivity contribution in [2.24, 2.45) is 0 Å². The van der Waals surface area contributed by atoms with E-state index in [2.05, 4.69) is 26.7 Å². The lowest BCUT2D eigenvalue weighted by atomic mass is 10.1. The number of hydrogen-bond donors (Lipinski definition) is 2. The fraction of sp³-hybridized carbons (Fsp3) is 0.267. The number of aryl methyl sites for hydroxylation is 1. The topological polar surface area (TPSA) is 73.6 Å². The Morgan fingerprint density at radius 3 is 2.50 bits per heavy atom. The minimum atomic E-state index is 0.428. The summed E-state index contributed by atoms with van der Waals surface area (Å²) in [5.74, 6) is 2.28. The van der Waals surface area contributed by atoms with E-state index in [4.69, 9.17) is 5.26 Å². The molecular formula is C15H17N5. The van der Waals surface area contributed by atoms with Crippen LogP contribution in [-0.2, 0) is 6.42 Å². The Labute approximate surface area is 118 Å². The number of nitriles is 1. The van der Waals surface area contributed by atoms with E-state index in [1.807, 2.05) is 44.2 Å². The Morgan fingerprint density at radius 2 is 1.85 bits per heavy atom. The molecule has 1 aromatic heterocycles. The molecule has 0 saturated heterocycles. The van der Waals surface area contributed by atoms with Gasteiger partial charge in [0.15, 0.2) is 0 Å². The normalized spacial score (nSPS) is 9.85. The molecule has 0 fully saturated rings. The van der Waals surface area contributed by atoms with Crippen LogP contribution in [0.1, 0.15) is 18.3 Å². The number of nitrogens with one attached hydrogen (secondary N) is 2. The summed E-state index contributed by atoms with van der Waals surface area (Å²) in [6.07, 6.45) is 0.428. The second-order valence-corrected chi connectivity index (χ2v) is 4.37. The molecule has 0 unspecified atom stereocenters. The van der Waals surface area contributed by atoms with Crippen LogP contribution in [0.4, 0.5) is 17.3 Å². The van der Waals surface area contributed by atoms with Crippen molar-refractivity contribution in [1.29, 1.82) is 5.26 Å². The van der Waals surface area contributed by atoms with E-state index in [0.29, 0.717) is 12.2 Å². The van der Waals surface area contributed by atoms with Crippen molar-refractivity contribution in [2.45, 2.75) is 20.3 Å². The standard InChI is InChI=1S/C15H17N5/c1-3-17-14-10-15(19-11(2)18-14)20-13-6-4-12(5-7-13)8-9-16/h4-7,10H,3,8H2,1-2H3,(H2,17,18,19,20). The van der Waals surface area contributed by atoms with Gasteiger partial charge in [0.25, 0.3) is 0 Å². The molecule has 5 heteroatoms. The summed E-state index contributed by atoms with van der Waals surface area (Å²) in [5, 5.41) is 15.1. The number of benzene rings is 1. The summed E-state index contributed by atoms with van der Waals surface area (Å²) in [5.41, 5.74) is 1.94. The van der Waals surface area contributed by atoms with Gasteiger partial charge in [-0.25, -0.2) is 9.97 Å². The highest BCUT2D eigenvalue weighted by molar-refractivity contribution is 5.59. The Bertz CT molecular complexity index is 613. The van der Waals surface area contributed by atoms with Crippen molar-refractivity contribution in [3.05, 3.63) is 41.7 Å². The third-order valence-electron chi connectivity index (χ3n) is 2.71. The van der Waals surface area contributed by atoms with Crippen LogP contribution in [0, 0.1) is 18.3 Å². The highest BCUT2D eigenvalue weighted by Gasteiger charge is 2.02. The monoisotopic (exact) mass is 267 g/mol. The number of aromatic nitrogens is 2. The summed E-state index contributed by atoms with van der Waals surface area (Å²) in [7, 11) is 0. The molecule has 2 N–H and O–H groups in total. The van der Waals surface area contributed by atoms with Crippen LogP contribution in [-0.4, -0.2) is 16.5 Å². The molecule has 0 amide bonds. The summed E-state index contributed by atoms with van der Waals surface area (Å²) in [6.45, 7) is 4.71. The van der Waals surface area contributed by atoms with Gasteiger partial charge in [0, 0.05) is 18.3 Å². The molecule has 1 aromatic carbocycles. The van der Waals surface area contributed by atoms with E-state index in [9.17, 15) is 0 Å². The van der Waals surface area contributed by atoms with Crippen LogP contribution >= 0.6 is 0 Å². The largest absolute Gasteiger partial charge is 0.370 e. The molecule has 20 heavy (non-hydrogen) atoms. The Balaban J connectivity index is 2.14. The molecular weight excluding hydrogens is 250 g/mol. The molecule has 0 aliphatic rings. The predicted octanol–water partition coefficient (Wildman–Crippen LogP) is 3.03. The second-order valence-electron chi connectivity index (χ2n) is 4.37. The lowest BCUT2D eigenvalue weighted by Gasteiger charge is -2.09. The summed E-state index contributed by atoms with van der Waals surface area (Å²) in [6, 6.07) is 11.8. The minimum Gasteiger partial charge on any atom is -0.370 e. The van der Waals surface area contributed by atoms with Crippen molar-refractivity contribution >= 4 is 17.3 Å². The maximum Gasteiger partial charge on any atom is 0.136 e. The van der Waals surface area contributed by atoms with E-state index >= 15 is 0 Å². The lowest BCUT2D eigenvalue weighted by Crippen LogP contribution is -2.04. The van der Waals surface area contributed by atoms with E-state index in [1.165, 1.54) is 0 Å². The molecule has 0 saturated carbocycles. The van der Waals surface area contributed by atoms with Gasteiger partial charge in [-0.1, -0.05) is 12.1 Å². The zero-order chi connectivity index (χ0) is 14.4. The van der Waals surface area contributed by atoms with Gasteiger partial charge >= 0.3 is 0 Å². The van der Waals surface area contributed by atoms with E-state index < -0.39 is 0 Å². The second kappa shape index (κ2) is 6.53.